The summed E-state index contributed by atoms with van der Waals surface area (Å²) in [6.45, 7) is 2.22. The Balaban J connectivity index is 3.51. The number of methoxy groups -OCH3 is 1. The molecule has 0 aromatic rings. The Labute approximate surface area is 134 Å². The molecule has 0 aromatic carbocycles. The van der Waals surface area contributed by atoms with Crippen molar-refractivity contribution in [3.63, 3.8) is 0 Å². The molecule has 0 spiro atoms. The maximum Gasteiger partial charge on any atom is 0.320 e. The second-order valence-corrected chi connectivity index (χ2v) is 5.73. The molecule has 0 rings (SSSR count). The molecule has 4 nitrogen and oxygen atoms in total. The molecular formula is C18H32O4. The topological polar surface area (TPSA) is 63.6 Å². The molecule has 22 heavy (non-hydrogen) atoms. The van der Waals surface area contributed by atoms with Crippen molar-refractivity contribution in [2.24, 2.45) is 5.92 Å². The Morgan fingerprint density at radius 2 is 1.50 bits per heavy atom. The molecule has 0 aliphatic carbocycles. The van der Waals surface area contributed by atoms with E-state index in [9.17, 15) is 9.59 Å². The number of carboxylic acid groups (broad SMARTS) is 1. The van der Waals surface area contributed by atoms with Gasteiger partial charge in [0.15, 0.2) is 5.92 Å². The van der Waals surface area contributed by atoms with E-state index in [0.29, 0.717) is 6.42 Å². The Hall–Kier alpha value is -1.32. The number of unbranched alkanes of at least 4 members (excludes halogenated alkanes) is 8. The highest BCUT2D eigenvalue weighted by Crippen LogP contribution is 2.14. The Morgan fingerprint density at radius 3 is 2.00 bits per heavy atom. The summed E-state index contributed by atoms with van der Waals surface area (Å²) in [6.07, 6.45) is 16.3. The summed E-state index contributed by atoms with van der Waals surface area (Å²) in [4.78, 5) is 22.2. The van der Waals surface area contributed by atoms with Crippen molar-refractivity contribution in [1.82, 2.24) is 0 Å². The average Bonchev–Trinajstić information content (AvgIpc) is 2.51. The molecule has 128 valence electrons. The largest absolute Gasteiger partial charge is 0.481 e. The summed E-state index contributed by atoms with van der Waals surface area (Å²) in [6, 6.07) is 0. The van der Waals surface area contributed by atoms with Crippen LogP contribution in [0.15, 0.2) is 12.2 Å². The minimum absolute atomic E-state index is 0.370. The summed E-state index contributed by atoms with van der Waals surface area (Å²) in [5.41, 5.74) is 0. The second-order valence-electron chi connectivity index (χ2n) is 5.73. The molecule has 1 unspecified atom stereocenters. The fourth-order valence-electron chi connectivity index (χ4n) is 2.37. The first-order valence-corrected chi connectivity index (χ1v) is 8.59. The fourth-order valence-corrected chi connectivity index (χ4v) is 2.37. The van der Waals surface area contributed by atoms with Gasteiger partial charge in [0.2, 0.25) is 0 Å². The summed E-state index contributed by atoms with van der Waals surface area (Å²) >= 11 is 0. The lowest BCUT2D eigenvalue weighted by atomic mass is 10.0. The zero-order valence-corrected chi connectivity index (χ0v) is 14.2. The Bertz CT molecular complexity index is 323. The highest BCUT2D eigenvalue weighted by Gasteiger charge is 2.26. The van der Waals surface area contributed by atoms with E-state index < -0.39 is 17.9 Å². The van der Waals surface area contributed by atoms with Crippen molar-refractivity contribution < 1.29 is 19.4 Å². The molecular weight excluding hydrogens is 280 g/mol. The van der Waals surface area contributed by atoms with Gasteiger partial charge in [0.1, 0.15) is 0 Å². The highest BCUT2D eigenvalue weighted by molar-refractivity contribution is 5.93. The van der Waals surface area contributed by atoms with Gasteiger partial charge in [-0.2, -0.15) is 0 Å². The number of hydrogen-bond donors (Lipinski definition) is 1. The second kappa shape index (κ2) is 14.6. The first-order valence-electron chi connectivity index (χ1n) is 8.59. The first-order chi connectivity index (χ1) is 10.6. The van der Waals surface area contributed by atoms with Crippen LogP contribution in [0.25, 0.3) is 0 Å². The number of hydrogen-bond acceptors (Lipinski definition) is 3. The van der Waals surface area contributed by atoms with Crippen LogP contribution in [0.2, 0.25) is 0 Å². The van der Waals surface area contributed by atoms with E-state index in [1.807, 2.05) is 0 Å². The number of esters is 1. The van der Waals surface area contributed by atoms with E-state index in [4.69, 9.17) is 5.11 Å². The molecule has 0 heterocycles. The van der Waals surface area contributed by atoms with E-state index in [1.54, 1.807) is 0 Å². The third-order valence-corrected chi connectivity index (χ3v) is 3.79. The van der Waals surface area contributed by atoms with Crippen LogP contribution in [0.3, 0.4) is 0 Å². The third-order valence-electron chi connectivity index (χ3n) is 3.79. The van der Waals surface area contributed by atoms with Crippen LogP contribution in [0, 0.1) is 5.92 Å². The summed E-state index contributed by atoms with van der Waals surface area (Å²) < 4.78 is 4.50. The number of allylic oxidation sites excluding steroid dienone is 2. The van der Waals surface area contributed by atoms with Crippen molar-refractivity contribution >= 4 is 11.9 Å². The zero-order valence-electron chi connectivity index (χ0n) is 14.2. The fraction of sp³-hybridized carbons (Fsp3) is 0.778. The minimum atomic E-state index is -1.09. The van der Waals surface area contributed by atoms with Crippen molar-refractivity contribution in [3.05, 3.63) is 12.2 Å². The van der Waals surface area contributed by atoms with Crippen molar-refractivity contribution in [2.45, 2.75) is 77.6 Å². The highest BCUT2D eigenvalue weighted by atomic mass is 16.5. The summed E-state index contributed by atoms with van der Waals surface area (Å²) in [5.74, 6) is -2.73. The molecule has 0 aromatic heterocycles. The molecule has 0 amide bonds. The molecule has 0 bridgehead atoms. The van der Waals surface area contributed by atoms with Crippen LogP contribution >= 0.6 is 0 Å². The quantitative estimate of drug-likeness (QED) is 0.218. The molecule has 1 atom stereocenters. The maximum atomic E-state index is 11.3. The van der Waals surface area contributed by atoms with Gasteiger partial charge in [-0.25, -0.2) is 0 Å². The zero-order chi connectivity index (χ0) is 16.6. The lowest BCUT2D eigenvalue weighted by Gasteiger charge is -2.09. The van der Waals surface area contributed by atoms with Gasteiger partial charge >= 0.3 is 11.9 Å². The number of rotatable bonds is 14. The van der Waals surface area contributed by atoms with Gasteiger partial charge < -0.3 is 9.84 Å². The van der Waals surface area contributed by atoms with Crippen LogP contribution in [-0.4, -0.2) is 24.2 Å². The van der Waals surface area contributed by atoms with Gasteiger partial charge in [-0.05, 0) is 32.1 Å². The van der Waals surface area contributed by atoms with Crippen LogP contribution < -0.4 is 0 Å². The van der Waals surface area contributed by atoms with E-state index >= 15 is 0 Å². The van der Waals surface area contributed by atoms with E-state index in [2.05, 4.69) is 23.8 Å². The summed E-state index contributed by atoms with van der Waals surface area (Å²) in [7, 11) is 1.23. The van der Waals surface area contributed by atoms with Gasteiger partial charge in [0.25, 0.3) is 0 Å². The first kappa shape index (κ1) is 20.7. The number of carbonyl (C=O) groups excluding carboxylic acids is 1. The number of ether oxygens (including phenoxy) is 1. The SMILES string of the molecule is CCCCCCC=CCCCCCCC(C(=O)O)C(=O)OC. The van der Waals surface area contributed by atoms with E-state index in [-0.39, 0.29) is 0 Å². The molecule has 0 aliphatic heterocycles. The lowest BCUT2D eigenvalue weighted by Crippen LogP contribution is -2.24. The molecule has 0 saturated heterocycles. The monoisotopic (exact) mass is 312 g/mol. The Kier molecular flexibility index (Phi) is 13.7. The minimum Gasteiger partial charge on any atom is -0.481 e. The lowest BCUT2D eigenvalue weighted by molar-refractivity contribution is -0.157. The maximum absolute atomic E-state index is 11.3. The molecule has 0 fully saturated rings. The third kappa shape index (κ3) is 11.4. The van der Waals surface area contributed by atoms with Gasteiger partial charge in [-0.3, -0.25) is 9.59 Å². The normalized spacial score (nSPS) is 12.5. The molecule has 0 radical (unpaired) electrons. The van der Waals surface area contributed by atoms with Gasteiger partial charge in [-0.1, -0.05) is 57.6 Å². The molecule has 1 N–H and O–H groups in total. The molecule has 0 saturated carbocycles. The van der Waals surface area contributed by atoms with E-state index in [1.165, 1.54) is 39.2 Å². The van der Waals surface area contributed by atoms with Crippen LogP contribution in [0.5, 0.6) is 0 Å². The molecule has 0 aliphatic rings. The van der Waals surface area contributed by atoms with Crippen LogP contribution in [0.4, 0.5) is 0 Å². The van der Waals surface area contributed by atoms with E-state index in [0.717, 1.165) is 32.1 Å². The van der Waals surface area contributed by atoms with Crippen molar-refractivity contribution in [3.8, 4) is 0 Å². The Morgan fingerprint density at radius 1 is 0.955 bits per heavy atom. The van der Waals surface area contributed by atoms with Gasteiger partial charge in [0, 0.05) is 0 Å². The smallest absolute Gasteiger partial charge is 0.320 e. The standard InChI is InChI=1S/C18H32O4/c1-3-4-5-6-7-8-9-10-11-12-13-14-15-16(17(19)20)18(21)22-2/h8-9,16H,3-7,10-15H2,1-2H3,(H,19,20). The van der Waals surface area contributed by atoms with Gasteiger partial charge in [-0.15, -0.1) is 0 Å². The number of carboxylic acids is 1. The number of aliphatic carboxylic acids is 1. The van der Waals surface area contributed by atoms with Gasteiger partial charge in [0.05, 0.1) is 7.11 Å². The summed E-state index contributed by atoms with van der Waals surface area (Å²) in [5, 5.41) is 8.94. The number of carbonyl (C=O) groups is 2. The van der Waals surface area contributed by atoms with Crippen molar-refractivity contribution in [2.75, 3.05) is 7.11 Å². The predicted octanol–water partition coefficient (Wildman–Crippen LogP) is 4.73. The van der Waals surface area contributed by atoms with Crippen LogP contribution in [-0.2, 0) is 14.3 Å². The predicted molar refractivity (Wildman–Crippen MR) is 88.7 cm³/mol. The van der Waals surface area contributed by atoms with Crippen molar-refractivity contribution in [1.29, 1.82) is 0 Å². The molecule has 4 heteroatoms. The average molecular weight is 312 g/mol. The van der Waals surface area contributed by atoms with Crippen LogP contribution in [0.1, 0.15) is 77.6 Å².